The number of carboxylic acids is 1. The lowest BCUT2D eigenvalue weighted by Crippen LogP contribution is -2.34. The van der Waals surface area contributed by atoms with Crippen LogP contribution in [0.2, 0.25) is 0 Å². The first-order valence-corrected chi connectivity index (χ1v) is 6.65. The largest absolute Gasteiger partial charge is 0.481 e. The lowest BCUT2D eigenvalue weighted by molar-refractivity contribution is -0.136. The Morgan fingerprint density at radius 3 is 2.90 bits per heavy atom. The van der Waals surface area contributed by atoms with Crippen molar-refractivity contribution in [2.24, 2.45) is 5.10 Å². The Morgan fingerprint density at radius 2 is 2.25 bits per heavy atom. The second-order valence-electron chi connectivity index (χ2n) is 4.13. The Bertz CT molecular complexity index is 595. The number of hydrogen-bond donors (Lipinski definition) is 2. The highest BCUT2D eigenvalue weighted by Crippen LogP contribution is 2.17. The van der Waals surface area contributed by atoms with Crippen molar-refractivity contribution >= 4 is 40.0 Å². The topological polar surface area (TPSA) is 112 Å². The molecule has 0 saturated carbocycles. The van der Waals surface area contributed by atoms with Crippen LogP contribution in [0.15, 0.2) is 10.5 Å². The molecule has 0 fully saturated rings. The number of aliphatic carboxylic acids is 1. The molecule has 2 rings (SSSR count). The quantitative estimate of drug-likeness (QED) is 0.830. The van der Waals surface area contributed by atoms with Gasteiger partial charge in [-0.3, -0.25) is 19.7 Å². The molecule has 2 amide bonds. The van der Waals surface area contributed by atoms with E-state index >= 15 is 0 Å². The average molecular weight is 296 g/mol. The fraction of sp³-hybridized carbons (Fsp3) is 0.364. The van der Waals surface area contributed by atoms with Crippen LogP contribution in [0.5, 0.6) is 0 Å². The first-order valence-electron chi connectivity index (χ1n) is 5.77. The van der Waals surface area contributed by atoms with Gasteiger partial charge in [0, 0.05) is 25.3 Å². The SMILES string of the molecule is CN1N=C(C(=O)Nc2nc(CC(=O)O)cs2)CCC1=O. The number of nitrogens with zero attached hydrogens (tertiary/aromatic N) is 3. The molecule has 2 heterocycles. The van der Waals surface area contributed by atoms with E-state index in [1.165, 1.54) is 7.05 Å². The second-order valence-corrected chi connectivity index (χ2v) is 4.99. The Hall–Kier alpha value is -2.29. The molecule has 0 aliphatic carbocycles. The minimum atomic E-state index is -0.982. The van der Waals surface area contributed by atoms with Crippen LogP contribution in [0.1, 0.15) is 18.5 Å². The predicted octanol–water partition coefficient (Wildman–Crippen LogP) is 0.317. The summed E-state index contributed by atoms with van der Waals surface area (Å²) in [6.07, 6.45) is 0.331. The summed E-state index contributed by atoms with van der Waals surface area (Å²) in [5.74, 6) is -1.55. The van der Waals surface area contributed by atoms with Gasteiger partial charge >= 0.3 is 5.97 Å². The summed E-state index contributed by atoms with van der Waals surface area (Å²) < 4.78 is 0. The molecule has 9 heteroatoms. The van der Waals surface area contributed by atoms with Crippen molar-refractivity contribution in [1.82, 2.24) is 9.99 Å². The van der Waals surface area contributed by atoms with Crippen molar-refractivity contribution in [1.29, 1.82) is 0 Å². The lowest BCUT2D eigenvalue weighted by atomic mass is 10.1. The van der Waals surface area contributed by atoms with Crippen molar-refractivity contribution in [2.75, 3.05) is 12.4 Å². The van der Waals surface area contributed by atoms with Crippen LogP contribution in [0.4, 0.5) is 5.13 Å². The monoisotopic (exact) mass is 296 g/mol. The van der Waals surface area contributed by atoms with Crippen LogP contribution < -0.4 is 5.32 Å². The van der Waals surface area contributed by atoms with Crippen LogP contribution in [-0.4, -0.2) is 45.6 Å². The number of anilines is 1. The van der Waals surface area contributed by atoms with Crippen LogP contribution in [0, 0.1) is 0 Å². The molecule has 106 valence electrons. The number of hydrazone groups is 1. The molecule has 0 atom stereocenters. The van der Waals surface area contributed by atoms with Crippen LogP contribution in [0.25, 0.3) is 0 Å². The fourth-order valence-electron chi connectivity index (χ4n) is 1.60. The van der Waals surface area contributed by atoms with Gasteiger partial charge in [0.15, 0.2) is 5.13 Å². The molecule has 1 aromatic rings. The molecule has 0 bridgehead atoms. The van der Waals surface area contributed by atoms with E-state index in [0.717, 1.165) is 16.3 Å². The van der Waals surface area contributed by atoms with Gasteiger partial charge in [-0.25, -0.2) is 9.99 Å². The van der Waals surface area contributed by atoms with Crippen molar-refractivity contribution in [3.8, 4) is 0 Å². The highest BCUT2D eigenvalue weighted by Gasteiger charge is 2.22. The van der Waals surface area contributed by atoms with E-state index in [9.17, 15) is 14.4 Å². The molecule has 20 heavy (non-hydrogen) atoms. The first-order chi connectivity index (χ1) is 9.45. The number of carbonyl (C=O) groups excluding carboxylic acids is 2. The van der Waals surface area contributed by atoms with Gasteiger partial charge in [-0.2, -0.15) is 5.10 Å². The number of nitrogens with one attached hydrogen (secondary N) is 1. The fourth-order valence-corrected chi connectivity index (χ4v) is 2.31. The summed E-state index contributed by atoms with van der Waals surface area (Å²) in [4.78, 5) is 37.7. The normalized spacial score (nSPS) is 14.9. The lowest BCUT2D eigenvalue weighted by Gasteiger charge is -2.18. The Balaban J connectivity index is 2.01. The zero-order chi connectivity index (χ0) is 14.7. The zero-order valence-electron chi connectivity index (χ0n) is 10.6. The van der Waals surface area contributed by atoms with E-state index in [4.69, 9.17) is 5.11 Å². The standard InChI is InChI=1S/C11H12N4O4S/c1-15-8(16)3-2-7(14-15)10(19)13-11-12-6(5-20-11)4-9(17)18/h5H,2-4H2,1H3,(H,17,18)(H,12,13,19). The molecule has 0 spiro atoms. The predicted molar refractivity (Wildman–Crippen MR) is 71.5 cm³/mol. The van der Waals surface area contributed by atoms with Crippen molar-refractivity contribution in [2.45, 2.75) is 19.3 Å². The Kier molecular flexibility index (Phi) is 4.08. The van der Waals surface area contributed by atoms with E-state index in [1.54, 1.807) is 5.38 Å². The number of carbonyl (C=O) groups is 3. The molecule has 1 aromatic heterocycles. The van der Waals surface area contributed by atoms with E-state index in [1.807, 2.05) is 0 Å². The van der Waals surface area contributed by atoms with Gasteiger partial charge in [0.25, 0.3) is 5.91 Å². The van der Waals surface area contributed by atoms with Gasteiger partial charge in [-0.05, 0) is 0 Å². The summed E-state index contributed by atoms with van der Waals surface area (Å²) in [7, 11) is 1.49. The summed E-state index contributed by atoms with van der Waals surface area (Å²) in [6, 6.07) is 0. The zero-order valence-corrected chi connectivity index (χ0v) is 11.4. The molecule has 0 aromatic carbocycles. The van der Waals surface area contributed by atoms with Crippen molar-refractivity contribution in [3.63, 3.8) is 0 Å². The van der Waals surface area contributed by atoms with E-state index in [2.05, 4.69) is 15.4 Å². The summed E-state index contributed by atoms with van der Waals surface area (Å²) in [5.41, 5.74) is 0.637. The first kappa shape index (κ1) is 14.1. The maximum atomic E-state index is 11.9. The maximum Gasteiger partial charge on any atom is 0.309 e. The molecule has 2 N–H and O–H groups in total. The van der Waals surface area contributed by atoms with Gasteiger partial charge in [-0.1, -0.05) is 0 Å². The van der Waals surface area contributed by atoms with E-state index in [-0.39, 0.29) is 30.9 Å². The van der Waals surface area contributed by atoms with Crippen molar-refractivity contribution in [3.05, 3.63) is 11.1 Å². The number of rotatable bonds is 4. The second kappa shape index (κ2) is 5.78. The summed E-state index contributed by atoms with van der Waals surface area (Å²) in [5, 5.41) is 18.1. The molecular formula is C11H12N4O4S. The van der Waals surface area contributed by atoms with Gasteiger partial charge in [0.2, 0.25) is 5.91 Å². The van der Waals surface area contributed by atoms with Crippen LogP contribution in [0.3, 0.4) is 0 Å². The number of thiazole rings is 1. The third-order valence-electron chi connectivity index (χ3n) is 2.57. The number of amides is 2. The van der Waals surface area contributed by atoms with Crippen molar-refractivity contribution < 1.29 is 19.5 Å². The highest BCUT2D eigenvalue weighted by molar-refractivity contribution is 7.14. The Labute approximate surface area is 118 Å². The molecule has 0 saturated heterocycles. The van der Waals surface area contributed by atoms with Crippen LogP contribution >= 0.6 is 11.3 Å². The van der Waals surface area contributed by atoms with Crippen LogP contribution in [-0.2, 0) is 20.8 Å². The molecule has 0 radical (unpaired) electrons. The van der Waals surface area contributed by atoms with Gasteiger partial charge in [0.05, 0.1) is 12.1 Å². The van der Waals surface area contributed by atoms with Gasteiger partial charge in [0.1, 0.15) is 5.71 Å². The van der Waals surface area contributed by atoms with Gasteiger partial charge < -0.3 is 5.11 Å². The van der Waals surface area contributed by atoms with E-state index in [0.29, 0.717) is 10.8 Å². The minimum Gasteiger partial charge on any atom is -0.481 e. The molecular weight excluding hydrogens is 284 g/mol. The maximum absolute atomic E-state index is 11.9. The number of aromatic nitrogens is 1. The third-order valence-corrected chi connectivity index (χ3v) is 3.38. The molecule has 8 nitrogen and oxygen atoms in total. The average Bonchev–Trinajstić information content (AvgIpc) is 2.79. The summed E-state index contributed by atoms with van der Waals surface area (Å²) >= 11 is 1.14. The number of carboxylic acid groups (broad SMARTS) is 1. The smallest absolute Gasteiger partial charge is 0.309 e. The highest BCUT2D eigenvalue weighted by atomic mass is 32.1. The third kappa shape index (κ3) is 3.38. The molecule has 1 aliphatic rings. The summed E-state index contributed by atoms with van der Waals surface area (Å²) in [6.45, 7) is 0. The Morgan fingerprint density at radius 1 is 1.50 bits per heavy atom. The van der Waals surface area contributed by atoms with E-state index < -0.39 is 11.9 Å². The number of hydrogen-bond acceptors (Lipinski definition) is 6. The minimum absolute atomic E-state index is 0.139. The molecule has 1 aliphatic heterocycles. The van der Waals surface area contributed by atoms with Gasteiger partial charge in [-0.15, -0.1) is 11.3 Å². The molecule has 0 unspecified atom stereocenters.